The first-order valence-electron chi connectivity index (χ1n) is 6.64. The summed E-state index contributed by atoms with van der Waals surface area (Å²) in [6.07, 6.45) is 0. The SMILES string of the molecule is COC(=O)C(=C(Cl)Cl)N(C(=O)c1ccc(C)cc1)[Si](C)(C)C. The van der Waals surface area contributed by atoms with Crippen molar-refractivity contribution in [2.75, 3.05) is 7.11 Å². The summed E-state index contributed by atoms with van der Waals surface area (Å²) in [5, 5.41) is 0. The third-order valence-electron chi connectivity index (χ3n) is 2.95. The van der Waals surface area contributed by atoms with E-state index < -0.39 is 14.2 Å². The summed E-state index contributed by atoms with van der Waals surface area (Å²) in [6, 6.07) is 7.09. The first-order valence-corrected chi connectivity index (χ1v) is 10.8. The van der Waals surface area contributed by atoms with Crippen LogP contribution in [0.15, 0.2) is 34.5 Å². The molecule has 0 aromatic heterocycles. The molecule has 22 heavy (non-hydrogen) atoms. The Hall–Kier alpha value is -1.30. The minimum Gasteiger partial charge on any atom is -0.464 e. The standard InChI is InChI=1S/C15H19Cl2NO3Si/c1-10-6-8-11(9-7-10)14(19)18(22(3,4)5)12(13(16)17)15(20)21-2/h6-9H,1-5H3. The van der Waals surface area contributed by atoms with Gasteiger partial charge in [0.2, 0.25) is 0 Å². The van der Waals surface area contributed by atoms with Crippen molar-refractivity contribution < 1.29 is 14.3 Å². The molecule has 120 valence electrons. The van der Waals surface area contributed by atoms with Crippen LogP contribution in [-0.2, 0) is 9.53 Å². The van der Waals surface area contributed by atoms with Crippen molar-refractivity contribution in [3.8, 4) is 0 Å². The van der Waals surface area contributed by atoms with Crippen LogP contribution in [0, 0.1) is 6.92 Å². The Morgan fingerprint density at radius 2 is 1.59 bits per heavy atom. The number of nitrogens with zero attached hydrogens (tertiary/aromatic N) is 1. The van der Waals surface area contributed by atoms with Crippen molar-refractivity contribution in [1.29, 1.82) is 0 Å². The monoisotopic (exact) mass is 359 g/mol. The molecule has 1 rings (SSSR count). The first-order chi connectivity index (χ1) is 10.1. The van der Waals surface area contributed by atoms with E-state index in [1.54, 1.807) is 12.1 Å². The number of aryl methyl sites for hydroxylation is 1. The molecule has 0 fully saturated rings. The highest BCUT2D eigenvalue weighted by atomic mass is 35.5. The molecule has 0 aliphatic heterocycles. The number of benzene rings is 1. The molecule has 1 aromatic carbocycles. The minimum atomic E-state index is -2.29. The molecule has 0 aliphatic carbocycles. The molecule has 0 radical (unpaired) electrons. The van der Waals surface area contributed by atoms with E-state index in [0.29, 0.717) is 5.56 Å². The summed E-state index contributed by atoms with van der Waals surface area (Å²) in [6.45, 7) is 7.68. The maximum Gasteiger partial charge on any atom is 0.356 e. The number of halogens is 2. The van der Waals surface area contributed by atoms with Gasteiger partial charge in [0.1, 0.15) is 4.49 Å². The second kappa shape index (κ2) is 7.31. The predicted octanol–water partition coefficient (Wildman–Crippen LogP) is 4.09. The lowest BCUT2D eigenvalue weighted by Gasteiger charge is -2.35. The van der Waals surface area contributed by atoms with E-state index in [4.69, 9.17) is 27.9 Å². The molecule has 0 spiro atoms. The Labute approximate surface area is 141 Å². The number of esters is 1. The van der Waals surface area contributed by atoms with Gasteiger partial charge in [-0.15, -0.1) is 0 Å². The average Bonchev–Trinajstić information content (AvgIpc) is 2.42. The molecular formula is C15H19Cl2NO3Si. The van der Waals surface area contributed by atoms with Gasteiger partial charge in [0.15, 0.2) is 13.9 Å². The highest BCUT2D eigenvalue weighted by molar-refractivity contribution is 6.77. The van der Waals surface area contributed by atoms with Crippen LogP contribution in [0.2, 0.25) is 19.6 Å². The van der Waals surface area contributed by atoms with Gasteiger partial charge in [-0.05, 0) is 19.1 Å². The third kappa shape index (κ3) is 4.35. The van der Waals surface area contributed by atoms with Gasteiger partial charge in [0.05, 0.1) is 7.11 Å². The number of ether oxygens (including phenoxy) is 1. The van der Waals surface area contributed by atoms with Crippen LogP contribution in [0.5, 0.6) is 0 Å². The molecule has 0 heterocycles. The van der Waals surface area contributed by atoms with Crippen LogP contribution in [0.25, 0.3) is 0 Å². The van der Waals surface area contributed by atoms with Crippen molar-refractivity contribution in [2.24, 2.45) is 0 Å². The summed E-state index contributed by atoms with van der Waals surface area (Å²) in [5.41, 5.74) is 1.38. The van der Waals surface area contributed by atoms with E-state index in [0.717, 1.165) is 5.56 Å². The number of amides is 1. The molecule has 4 nitrogen and oxygen atoms in total. The zero-order valence-electron chi connectivity index (χ0n) is 13.2. The highest BCUT2D eigenvalue weighted by Gasteiger charge is 2.37. The van der Waals surface area contributed by atoms with Crippen molar-refractivity contribution >= 4 is 43.3 Å². The summed E-state index contributed by atoms with van der Waals surface area (Å²) >= 11 is 11.7. The Bertz CT molecular complexity index is 602. The fourth-order valence-corrected chi connectivity index (χ4v) is 3.99. The van der Waals surface area contributed by atoms with Gasteiger partial charge in [0, 0.05) is 5.56 Å². The van der Waals surface area contributed by atoms with Crippen molar-refractivity contribution in [3.63, 3.8) is 0 Å². The zero-order chi connectivity index (χ0) is 17.1. The Morgan fingerprint density at radius 3 is 1.95 bits per heavy atom. The van der Waals surface area contributed by atoms with Crippen LogP contribution >= 0.6 is 23.2 Å². The normalized spacial score (nSPS) is 10.9. The van der Waals surface area contributed by atoms with Crippen LogP contribution in [-0.4, -0.2) is 31.8 Å². The van der Waals surface area contributed by atoms with Gasteiger partial charge in [-0.25, -0.2) is 4.79 Å². The lowest BCUT2D eigenvalue weighted by molar-refractivity contribution is -0.137. The lowest BCUT2D eigenvalue weighted by atomic mass is 10.1. The van der Waals surface area contributed by atoms with Gasteiger partial charge in [-0.1, -0.05) is 60.5 Å². The maximum absolute atomic E-state index is 12.9. The third-order valence-corrected chi connectivity index (χ3v) is 5.08. The summed E-state index contributed by atoms with van der Waals surface area (Å²) in [4.78, 5) is 24.9. The molecule has 0 N–H and O–H groups in total. The van der Waals surface area contributed by atoms with E-state index in [1.807, 2.05) is 38.7 Å². The quantitative estimate of drug-likeness (QED) is 0.462. The Kier molecular flexibility index (Phi) is 6.23. The van der Waals surface area contributed by atoms with E-state index in [2.05, 4.69) is 0 Å². The Balaban J connectivity index is 3.41. The van der Waals surface area contributed by atoms with Gasteiger partial charge >= 0.3 is 5.97 Å². The zero-order valence-corrected chi connectivity index (χ0v) is 15.7. The molecule has 0 saturated carbocycles. The van der Waals surface area contributed by atoms with Crippen LogP contribution in [0.4, 0.5) is 0 Å². The summed E-state index contributed by atoms with van der Waals surface area (Å²) in [7, 11) is -1.07. The van der Waals surface area contributed by atoms with Crippen molar-refractivity contribution in [2.45, 2.75) is 26.6 Å². The number of rotatable bonds is 4. The average molecular weight is 360 g/mol. The smallest absolute Gasteiger partial charge is 0.356 e. The number of hydrogen-bond acceptors (Lipinski definition) is 3. The van der Waals surface area contributed by atoms with E-state index in [9.17, 15) is 9.59 Å². The van der Waals surface area contributed by atoms with Crippen LogP contribution in [0.3, 0.4) is 0 Å². The summed E-state index contributed by atoms with van der Waals surface area (Å²) in [5.74, 6) is -1.05. The fourth-order valence-electron chi connectivity index (χ4n) is 1.92. The molecule has 0 aliphatic rings. The van der Waals surface area contributed by atoms with Gasteiger partial charge in [-0.2, -0.15) is 0 Å². The molecular weight excluding hydrogens is 341 g/mol. The first kappa shape index (κ1) is 18.7. The second-order valence-corrected chi connectivity index (χ2v) is 11.5. The molecule has 1 aromatic rings. The highest BCUT2D eigenvalue weighted by Crippen LogP contribution is 2.27. The van der Waals surface area contributed by atoms with E-state index >= 15 is 0 Å². The van der Waals surface area contributed by atoms with Crippen molar-refractivity contribution in [3.05, 3.63) is 45.6 Å². The van der Waals surface area contributed by atoms with E-state index in [-0.39, 0.29) is 16.1 Å². The van der Waals surface area contributed by atoms with Gasteiger partial charge in [-0.3, -0.25) is 4.79 Å². The molecule has 0 atom stereocenters. The van der Waals surface area contributed by atoms with Gasteiger partial charge < -0.3 is 9.30 Å². The van der Waals surface area contributed by atoms with Gasteiger partial charge in [0.25, 0.3) is 5.91 Å². The maximum atomic E-state index is 12.9. The number of carbonyl (C=O) groups is 2. The predicted molar refractivity (Wildman–Crippen MR) is 91.4 cm³/mol. The van der Waals surface area contributed by atoms with Crippen molar-refractivity contribution in [1.82, 2.24) is 4.57 Å². The number of carbonyl (C=O) groups excluding carboxylic acids is 2. The fraction of sp³-hybridized carbons (Fsp3) is 0.333. The number of methoxy groups -OCH3 is 1. The molecule has 7 heteroatoms. The lowest BCUT2D eigenvalue weighted by Crippen LogP contribution is -2.51. The largest absolute Gasteiger partial charge is 0.464 e. The van der Waals surface area contributed by atoms with E-state index in [1.165, 1.54) is 11.7 Å². The molecule has 0 unspecified atom stereocenters. The van der Waals surface area contributed by atoms with Crippen LogP contribution in [0.1, 0.15) is 15.9 Å². The Morgan fingerprint density at radius 1 is 1.09 bits per heavy atom. The minimum absolute atomic E-state index is 0.115. The molecule has 0 bridgehead atoms. The van der Waals surface area contributed by atoms with Crippen LogP contribution < -0.4 is 0 Å². The summed E-state index contributed by atoms with van der Waals surface area (Å²) < 4.78 is 5.82. The molecule has 1 amide bonds. The number of hydrogen-bond donors (Lipinski definition) is 0. The molecule has 0 saturated heterocycles. The topological polar surface area (TPSA) is 46.6 Å². The second-order valence-electron chi connectivity index (χ2n) is 5.78.